The van der Waals surface area contributed by atoms with Crippen LogP contribution >= 0.6 is 0 Å². The number of hydrogen-bond acceptors (Lipinski definition) is 9. The molecule has 0 spiro atoms. The van der Waals surface area contributed by atoms with Crippen LogP contribution in [-0.4, -0.2) is 67.0 Å². The lowest BCUT2D eigenvalue weighted by Gasteiger charge is -2.28. The van der Waals surface area contributed by atoms with Gasteiger partial charge in [-0.05, 0) is 74.0 Å². The molecule has 3 rings (SSSR count). The zero-order chi connectivity index (χ0) is 33.0. The number of nitrogens with one attached hydrogen (secondary N) is 1. The van der Waals surface area contributed by atoms with Crippen molar-refractivity contribution in [3.05, 3.63) is 54.5 Å². The highest BCUT2D eigenvalue weighted by molar-refractivity contribution is 6.10. The molecule has 0 saturated heterocycles. The maximum Gasteiger partial charge on any atom is 0.425 e. The van der Waals surface area contributed by atoms with Crippen LogP contribution in [0, 0.1) is 0 Å². The van der Waals surface area contributed by atoms with Crippen LogP contribution in [0.3, 0.4) is 0 Å². The largest absolute Gasteiger partial charge is 0.444 e. The summed E-state index contributed by atoms with van der Waals surface area (Å²) in [4.78, 5) is 57.9. The second-order valence-electron chi connectivity index (χ2n) is 13.1. The molecule has 0 bridgehead atoms. The number of imidazole rings is 1. The Labute approximate surface area is 258 Å². The third-order valence-corrected chi connectivity index (χ3v) is 5.53. The molecular formula is C32H42N6O6. The quantitative estimate of drug-likeness (QED) is 0.288. The molecule has 0 unspecified atom stereocenters. The van der Waals surface area contributed by atoms with E-state index in [4.69, 9.17) is 14.2 Å². The predicted octanol–water partition coefficient (Wildman–Crippen LogP) is 7.22. The van der Waals surface area contributed by atoms with Crippen molar-refractivity contribution < 1.29 is 28.6 Å². The van der Waals surface area contributed by atoms with E-state index < -0.39 is 35.1 Å². The number of amides is 3. The first-order valence-corrected chi connectivity index (χ1v) is 14.1. The van der Waals surface area contributed by atoms with Crippen LogP contribution in [0.4, 0.5) is 20.2 Å². The molecule has 0 atom stereocenters. The lowest BCUT2D eigenvalue weighted by Crippen LogP contribution is -2.44. The number of nitrogens with zero attached hydrogens (tertiary/aromatic N) is 5. The van der Waals surface area contributed by atoms with Crippen molar-refractivity contribution in [2.75, 3.05) is 11.9 Å². The number of carbonyl (C=O) groups is 3. The summed E-state index contributed by atoms with van der Waals surface area (Å²) in [5.74, 6) is 0.403. The van der Waals surface area contributed by atoms with Gasteiger partial charge in [0.1, 0.15) is 28.3 Å². The van der Waals surface area contributed by atoms with Crippen LogP contribution in [0.15, 0.2) is 43.2 Å². The summed E-state index contributed by atoms with van der Waals surface area (Å²) in [6.45, 7) is 19.7. The summed E-state index contributed by atoms with van der Waals surface area (Å²) in [6, 6.07) is 7.49. The van der Waals surface area contributed by atoms with E-state index in [9.17, 15) is 14.4 Å². The standard InChI is InChI=1S/C32H42N6O6/c1-12-22-17-34-26(38(28(40)43-31(5,6)7)29(41)44-32(8,9)10)24(35-22)23-18-33-25(36-23)21-15-13-20(14-16-21)19-37(11)27(39)42-30(2,3)4/h12-18H,1,19H2,2-11H3,(H,33,36). The van der Waals surface area contributed by atoms with Crippen molar-refractivity contribution in [1.82, 2.24) is 24.8 Å². The van der Waals surface area contributed by atoms with Crippen molar-refractivity contribution in [3.8, 4) is 22.8 Å². The first kappa shape index (κ1) is 33.8. The second kappa shape index (κ2) is 12.9. The number of benzene rings is 1. The van der Waals surface area contributed by atoms with Gasteiger partial charge in [0.05, 0.1) is 23.8 Å². The summed E-state index contributed by atoms with van der Waals surface area (Å²) in [7, 11) is 1.68. The van der Waals surface area contributed by atoms with Crippen LogP contribution in [0.2, 0.25) is 0 Å². The van der Waals surface area contributed by atoms with Gasteiger partial charge in [-0.25, -0.2) is 29.3 Å². The van der Waals surface area contributed by atoms with Gasteiger partial charge in [-0.2, -0.15) is 4.90 Å². The molecule has 236 valence electrons. The summed E-state index contributed by atoms with van der Waals surface area (Å²) < 4.78 is 16.5. The molecule has 2 heterocycles. The van der Waals surface area contributed by atoms with Gasteiger partial charge < -0.3 is 24.1 Å². The maximum atomic E-state index is 13.3. The minimum Gasteiger partial charge on any atom is -0.444 e. The normalized spacial score (nSPS) is 11.9. The fourth-order valence-electron chi connectivity index (χ4n) is 3.74. The van der Waals surface area contributed by atoms with Gasteiger partial charge in [0, 0.05) is 19.2 Å². The number of imide groups is 1. The van der Waals surface area contributed by atoms with Gasteiger partial charge in [-0.15, -0.1) is 0 Å². The molecule has 3 amide bonds. The number of aromatic nitrogens is 4. The molecule has 1 aromatic carbocycles. The third kappa shape index (κ3) is 9.38. The van der Waals surface area contributed by atoms with Gasteiger partial charge in [-0.3, -0.25) is 0 Å². The van der Waals surface area contributed by atoms with E-state index in [-0.39, 0.29) is 11.5 Å². The SMILES string of the molecule is C=Cc1cnc(N(C(=O)OC(C)(C)C)C(=O)OC(C)(C)C)c(-c2cnc(-c3ccc(CN(C)C(=O)OC(C)(C)C)cc3)[nH]2)n1. The maximum absolute atomic E-state index is 13.3. The molecule has 0 saturated carbocycles. The summed E-state index contributed by atoms with van der Waals surface area (Å²) in [6.07, 6.45) is 2.05. The van der Waals surface area contributed by atoms with E-state index in [2.05, 4.69) is 26.5 Å². The fraction of sp³-hybridized carbons (Fsp3) is 0.438. The zero-order valence-electron chi connectivity index (χ0n) is 27.1. The van der Waals surface area contributed by atoms with Gasteiger partial charge >= 0.3 is 18.3 Å². The molecular weight excluding hydrogens is 564 g/mol. The molecule has 2 aromatic heterocycles. The summed E-state index contributed by atoms with van der Waals surface area (Å²) in [5.41, 5.74) is 0.217. The molecule has 0 radical (unpaired) electrons. The van der Waals surface area contributed by atoms with Crippen LogP contribution in [-0.2, 0) is 20.8 Å². The Bertz CT molecular complexity index is 1480. The molecule has 3 aromatic rings. The van der Waals surface area contributed by atoms with Crippen molar-refractivity contribution >= 4 is 30.2 Å². The Morgan fingerprint density at radius 3 is 1.84 bits per heavy atom. The van der Waals surface area contributed by atoms with Gasteiger partial charge in [0.25, 0.3) is 0 Å². The van der Waals surface area contributed by atoms with Crippen molar-refractivity contribution in [1.29, 1.82) is 0 Å². The smallest absolute Gasteiger partial charge is 0.425 e. The predicted molar refractivity (Wildman–Crippen MR) is 168 cm³/mol. The zero-order valence-corrected chi connectivity index (χ0v) is 27.1. The van der Waals surface area contributed by atoms with Crippen molar-refractivity contribution in [3.63, 3.8) is 0 Å². The van der Waals surface area contributed by atoms with Crippen LogP contribution in [0.25, 0.3) is 28.9 Å². The van der Waals surface area contributed by atoms with Crippen molar-refractivity contribution in [2.24, 2.45) is 0 Å². The molecule has 44 heavy (non-hydrogen) atoms. The van der Waals surface area contributed by atoms with Crippen LogP contribution in [0.5, 0.6) is 0 Å². The molecule has 12 heteroatoms. The van der Waals surface area contributed by atoms with Gasteiger partial charge in [0.2, 0.25) is 0 Å². The fourth-order valence-corrected chi connectivity index (χ4v) is 3.74. The first-order chi connectivity index (χ1) is 20.3. The number of H-pyrrole nitrogens is 1. The molecule has 0 aliphatic carbocycles. The van der Waals surface area contributed by atoms with E-state index in [0.717, 1.165) is 16.0 Å². The monoisotopic (exact) mass is 606 g/mol. The molecule has 0 aliphatic rings. The van der Waals surface area contributed by atoms with E-state index in [1.54, 1.807) is 48.6 Å². The van der Waals surface area contributed by atoms with Crippen LogP contribution < -0.4 is 4.90 Å². The van der Waals surface area contributed by atoms with E-state index in [1.165, 1.54) is 23.4 Å². The molecule has 12 nitrogen and oxygen atoms in total. The highest BCUT2D eigenvalue weighted by atomic mass is 16.6. The molecule has 1 N–H and O–H groups in total. The Kier molecular flexibility index (Phi) is 9.87. The summed E-state index contributed by atoms with van der Waals surface area (Å²) >= 11 is 0. The van der Waals surface area contributed by atoms with E-state index in [0.29, 0.717) is 23.8 Å². The van der Waals surface area contributed by atoms with Gasteiger partial charge in [0.15, 0.2) is 5.82 Å². The average molecular weight is 607 g/mol. The first-order valence-electron chi connectivity index (χ1n) is 14.1. The summed E-state index contributed by atoms with van der Waals surface area (Å²) in [5, 5.41) is 0. The lowest BCUT2D eigenvalue weighted by molar-refractivity contribution is 0.0283. The number of aromatic amines is 1. The Morgan fingerprint density at radius 2 is 1.34 bits per heavy atom. The number of ether oxygens (including phenoxy) is 3. The topological polar surface area (TPSA) is 140 Å². The van der Waals surface area contributed by atoms with E-state index >= 15 is 0 Å². The Morgan fingerprint density at radius 1 is 0.818 bits per heavy atom. The Balaban J connectivity index is 1.97. The second-order valence-corrected chi connectivity index (χ2v) is 13.1. The van der Waals surface area contributed by atoms with Crippen molar-refractivity contribution in [2.45, 2.75) is 85.7 Å². The van der Waals surface area contributed by atoms with Gasteiger partial charge in [-0.1, -0.05) is 30.8 Å². The minimum atomic E-state index is -0.972. The molecule has 0 fully saturated rings. The van der Waals surface area contributed by atoms with Crippen LogP contribution in [0.1, 0.15) is 73.6 Å². The van der Waals surface area contributed by atoms with E-state index in [1.807, 2.05) is 45.0 Å². The number of anilines is 1. The highest BCUT2D eigenvalue weighted by Gasteiger charge is 2.36. The highest BCUT2D eigenvalue weighted by Crippen LogP contribution is 2.31. The molecule has 0 aliphatic heterocycles. The third-order valence-electron chi connectivity index (χ3n) is 5.53. The average Bonchev–Trinajstić information content (AvgIpc) is 3.36. The number of hydrogen-bond donors (Lipinski definition) is 1. The minimum absolute atomic E-state index is 0.102. The Hall–Kier alpha value is -4.74. The lowest BCUT2D eigenvalue weighted by atomic mass is 10.1. The number of rotatable bonds is 6. The number of carbonyl (C=O) groups excluding carboxylic acids is 3.